The second kappa shape index (κ2) is 14.1. The van der Waals surface area contributed by atoms with Gasteiger partial charge >= 0.3 is 20.6 Å². The van der Waals surface area contributed by atoms with Crippen LogP contribution >= 0.6 is 0 Å². The minimum absolute atomic E-state index is 0. The van der Waals surface area contributed by atoms with E-state index in [9.17, 15) is 26.4 Å². The molecule has 55 heavy (non-hydrogen) atoms. The molecule has 0 aromatic rings. The Hall–Kier alpha value is -1.44. The second-order valence-electron chi connectivity index (χ2n) is 20.2. The fraction of sp³-hybridized carbons (Fsp3) is 0.860. The predicted octanol–water partition coefficient (Wildman–Crippen LogP) is 7.75. The minimum atomic E-state index is -3.90. The van der Waals surface area contributed by atoms with Gasteiger partial charge in [-0.3, -0.25) is 18.0 Å². The summed E-state index contributed by atoms with van der Waals surface area (Å²) < 4.78 is 59.7. The topological polar surface area (TPSA) is 159 Å². The summed E-state index contributed by atoms with van der Waals surface area (Å²) in [6, 6.07) is -0.184. The van der Waals surface area contributed by atoms with Crippen LogP contribution < -0.4 is 9.86 Å². The first-order valence-corrected chi connectivity index (χ1v) is 23.9. The van der Waals surface area contributed by atoms with Crippen molar-refractivity contribution in [3.05, 3.63) is 23.3 Å². The fourth-order valence-corrected chi connectivity index (χ4v) is 17.3. The molecular formula is C43H68N2O8S2. The largest absolute Gasteiger partial charge is 0.336 e. The Bertz CT molecular complexity index is 1860. The number of rotatable bonds is 4. The monoisotopic (exact) mass is 804 g/mol. The van der Waals surface area contributed by atoms with E-state index in [1.165, 1.54) is 30.4 Å². The van der Waals surface area contributed by atoms with E-state index in [2.05, 4.69) is 44.6 Å². The van der Waals surface area contributed by atoms with E-state index in [0.29, 0.717) is 53.5 Å². The number of nitrogens with two attached hydrogens (primary N) is 1. The molecule has 9 rings (SSSR count). The number of fused-ring (bicyclic) bond motifs is 12. The molecule has 3 N–H and O–H groups in total. The van der Waals surface area contributed by atoms with E-state index in [0.717, 1.165) is 70.6 Å². The van der Waals surface area contributed by atoms with E-state index in [4.69, 9.17) is 13.5 Å². The Balaban J connectivity index is 0.000000166. The number of Topliss-reactive ketones (excluding diaryl/α,β-unsaturated/α-hetero) is 2. The Labute approximate surface area is 331 Å². The summed E-state index contributed by atoms with van der Waals surface area (Å²) in [5, 5.41) is 5.09. The number of nitrogens with one attached hydrogen (secondary N) is 1. The van der Waals surface area contributed by atoms with Crippen LogP contribution in [0.2, 0.25) is 0 Å². The Kier molecular flexibility index (Phi) is 10.7. The third-order valence-corrected chi connectivity index (χ3v) is 19.6. The minimum Gasteiger partial charge on any atom is -0.300 e. The van der Waals surface area contributed by atoms with Gasteiger partial charge in [-0.2, -0.15) is 21.6 Å². The molecule has 0 aromatic carbocycles. The lowest BCUT2D eigenvalue weighted by Crippen LogP contribution is -2.54. The number of hydrogen-bond donors (Lipinski definition) is 2. The molecule has 12 heteroatoms. The zero-order valence-corrected chi connectivity index (χ0v) is 34.9. The Morgan fingerprint density at radius 3 is 1.84 bits per heavy atom. The first kappa shape index (κ1) is 41.7. The summed E-state index contributed by atoms with van der Waals surface area (Å²) >= 11 is 0. The van der Waals surface area contributed by atoms with Gasteiger partial charge in [-0.15, -0.1) is 0 Å². The maximum absolute atomic E-state index is 12.3. The number of allylic oxidation sites excluding steroid dienone is 2. The quantitative estimate of drug-likeness (QED) is 0.273. The van der Waals surface area contributed by atoms with Gasteiger partial charge in [0.25, 0.3) is 0 Å². The van der Waals surface area contributed by atoms with Crippen molar-refractivity contribution in [3.63, 3.8) is 0 Å². The summed E-state index contributed by atoms with van der Waals surface area (Å²) in [4.78, 5) is 24.5. The van der Waals surface area contributed by atoms with Gasteiger partial charge in [0.1, 0.15) is 11.6 Å². The van der Waals surface area contributed by atoms with Crippen LogP contribution in [0.3, 0.4) is 0 Å². The molecule has 0 bridgehead atoms. The van der Waals surface area contributed by atoms with Crippen molar-refractivity contribution in [3.8, 4) is 0 Å². The summed E-state index contributed by atoms with van der Waals surface area (Å²) in [5.41, 5.74) is 3.15. The van der Waals surface area contributed by atoms with Crippen LogP contribution in [0, 0.1) is 69.0 Å². The highest BCUT2D eigenvalue weighted by Gasteiger charge is 2.62. The number of ketones is 2. The summed E-state index contributed by atoms with van der Waals surface area (Å²) in [7, 11) is -7.50. The first-order valence-electron chi connectivity index (χ1n) is 21.0. The van der Waals surface area contributed by atoms with Crippen LogP contribution in [0.5, 0.6) is 0 Å². The zero-order valence-electron chi connectivity index (χ0n) is 33.3. The van der Waals surface area contributed by atoms with Crippen LogP contribution in [-0.2, 0) is 38.6 Å². The highest BCUT2D eigenvalue weighted by atomic mass is 32.2. The molecule has 310 valence electrons. The molecule has 0 amide bonds. The fourth-order valence-electron chi connectivity index (χ4n) is 15.6. The van der Waals surface area contributed by atoms with Crippen LogP contribution in [0.25, 0.3) is 0 Å². The molecule has 0 radical (unpaired) electrons. The predicted molar refractivity (Wildman–Crippen MR) is 213 cm³/mol. The van der Waals surface area contributed by atoms with Gasteiger partial charge in [0.05, 0.1) is 18.2 Å². The SMILES string of the molecule is C.CC(=O)[C@H]1CC[C@H]2[C@@H]3CC=C4C[C@@H](OS(N)(=O)=O)CC[C@]4(C)[C@H]3CC[C@]12C.CC(=O)[C@H]1CC[C@H]2[C@@H]3CC=C4[C@H]5NS(=O)(=O)O[C@H]5CC[C@]4(C)[C@H]3CC[C@]12C. The van der Waals surface area contributed by atoms with E-state index in [1.807, 2.05) is 0 Å². The van der Waals surface area contributed by atoms with Crippen molar-refractivity contribution in [1.82, 2.24) is 4.72 Å². The lowest BCUT2D eigenvalue weighted by atomic mass is 9.47. The average Bonchev–Trinajstić information content (AvgIpc) is 3.73. The number of carbonyl (C=O) groups is 2. The highest BCUT2D eigenvalue weighted by molar-refractivity contribution is 7.85. The van der Waals surface area contributed by atoms with Gasteiger partial charge in [0.15, 0.2) is 0 Å². The molecule has 10 nitrogen and oxygen atoms in total. The van der Waals surface area contributed by atoms with Crippen LogP contribution in [0.1, 0.15) is 145 Å². The number of hydrogen-bond acceptors (Lipinski definition) is 8. The summed E-state index contributed by atoms with van der Waals surface area (Å²) in [6.07, 6.45) is 19.4. The molecule has 0 unspecified atom stereocenters. The molecule has 9 aliphatic rings. The smallest absolute Gasteiger partial charge is 0.300 e. The van der Waals surface area contributed by atoms with Gasteiger partial charge in [-0.25, -0.2) is 5.14 Å². The Morgan fingerprint density at radius 2 is 1.29 bits per heavy atom. The van der Waals surface area contributed by atoms with Crippen LogP contribution in [0.15, 0.2) is 23.3 Å². The average molecular weight is 805 g/mol. The number of carbonyl (C=O) groups excluding carboxylic acids is 2. The van der Waals surface area contributed by atoms with Crippen LogP contribution in [-0.4, -0.2) is 46.7 Å². The van der Waals surface area contributed by atoms with Gasteiger partial charge in [-0.05, 0) is 173 Å². The van der Waals surface area contributed by atoms with Gasteiger partial charge in [0, 0.05) is 11.8 Å². The summed E-state index contributed by atoms with van der Waals surface area (Å²) in [6.45, 7) is 13.0. The lowest BCUT2D eigenvalue weighted by Gasteiger charge is -2.58. The molecule has 0 aromatic heterocycles. The van der Waals surface area contributed by atoms with Crippen molar-refractivity contribution >= 4 is 32.2 Å². The molecule has 1 heterocycles. The van der Waals surface area contributed by atoms with E-state index in [1.54, 1.807) is 13.8 Å². The molecular weight excluding hydrogens is 737 g/mol. The highest BCUT2D eigenvalue weighted by Crippen LogP contribution is 2.68. The molecule has 7 fully saturated rings. The molecule has 0 spiro atoms. The van der Waals surface area contributed by atoms with Crippen molar-refractivity contribution in [2.75, 3.05) is 0 Å². The van der Waals surface area contributed by atoms with Crippen molar-refractivity contribution < 1.29 is 34.8 Å². The molecule has 1 aliphatic heterocycles. The molecule has 1 saturated heterocycles. The maximum atomic E-state index is 12.3. The summed E-state index contributed by atoms with van der Waals surface area (Å²) in [5.74, 6) is 4.96. The first-order chi connectivity index (χ1) is 25.2. The Morgan fingerprint density at radius 1 is 0.764 bits per heavy atom. The van der Waals surface area contributed by atoms with Crippen molar-refractivity contribution in [1.29, 1.82) is 0 Å². The molecule has 15 atom stereocenters. The third-order valence-electron chi connectivity index (χ3n) is 18.0. The second-order valence-corrected chi connectivity index (χ2v) is 22.7. The van der Waals surface area contributed by atoms with E-state index >= 15 is 0 Å². The zero-order chi connectivity index (χ0) is 38.8. The van der Waals surface area contributed by atoms with E-state index in [-0.39, 0.29) is 59.2 Å². The van der Waals surface area contributed by atoms with Gasteiger partial charge < -0.3 is 0 Å². The normalized spacial score (nSPS) is 49.0. The third kappa shape index (κ3) is 6.70. The molecule has 8 aliphatic carbocycles. The maximum Gasteiger partial charge on any atom is 0.336 e. The van der Waals surface area contributed by atoms with Crippen molar-refractivity contribution in [2.24, 2.45) is 74.1 Å². The van der Waals surface area contributed by atoms with Gasteiger partial charge in [-0.1, -0.05) is 52.8 Å². The van der Waals surface area contributed by atoms with E-state index < -0.39 is 20.6 Å². The lowest BCUT2D eigenvalue weighted by molar-refractivity contribution is -0.128. The molecule has 6 saturated carbocycles. The standard InChI is InChI=1S/C21H31NO4S.C21H33NO4S.CH4/c1-12(23)14-6-7-15-13-4-5-17-19-18(26-27(24,25)22-19)9-11-21(17,3)16(13)8-10-20(14,15)2;1-13(23)17-6-7-18-16-5-4-14-12-15(26-27(22,24)25)8-10-20(14,2)19(16)9-11-21(17,18)3;/h5,13-16,18-19,22H,4,6-11H2,1-3H3;4,15-19H,5-12H2,1-3H3,(H2,22,24,25);1H4/t13-,14+,15-,16-,18-,19+,20+,21+;15-,16-,17+,18-,19-,20-,21+;/m00./s1. The van der Waals surface area contributed by atoms with Crippen LogP contribution in [0.4, 0.5) is 0 Å². The van der Waals surface area contributed by atoms with Gasteiger partial charge in [0.2, 0.25) is 0 Å². The van der Waals surface area contributed by atoms with Crippen molar-refractivity contribution in [2.45, 2.75) is 164 Å².